The molecule has 1 aromatic carbocycles. The summed E-state index contributed by atoms with van der Waals surface area (Å²) >= 11 is 5.75. The molecule has 1 aliphatic heterocycles. The molecule has 0 saturated carbocycles. The Bertz CT molecular complexity index is 524. The van der Waals surface area contributed by atoms with Crippen molar-refractivity contribution in [2.24, 2.45) is 5.73 Å². The van der Waals surface area contributed by atoms with Gasteiger partial charge in [0.05, 0.1) is 17.1 Å². The maximum Gasteiger partial charge on any atom is 0.236 e. The number of carbonyl (C=O) groups is 1. The Morgan fingerprint density at radius 1 is 1.62 bits per heavy atom. The summed E-state index contributed by atoms with van der Waals surface area (Å²) in [5.74, 6) is -0.619. The van der Waals surface area contributed by atoms with Crippen LogP contribution in [0.25, 0.3) is 0 Å². The molecule has 2 rings (SSSR count). The van der Waals surface area contributed by atoms with Crippen LogP contribution < -0.4 is 11.1 Å². The maximum absolute atomic E-state index is 13.7. The number of carbonyl (C=O) groups excluding carboxylic acids is 1. The van der Waals surface area contributed by atoms with E-state index in [9.17, 15) is 9.18 Å². The van der Waals surface area contributed by atoms with E-state index in [0.717, 1.165) is 25.1 Å². The zero-order valence-corrected chi connectivity index (χ0v) is 13.0. The second-order valence-electron chi connectivity index (χ2n) is 5.44. The molecule has 0 spiro atoms. The molecule has 3 atom stereocenters. The van der Waals surface area contributed by atoms with Gasteiger partial charge in [-0.25, -0.2) is 4.39 Å². The molecule has 3 unspecified atom stereocenters. The molecule has 1 saturated heterocycles. The first-order chi connectivity index (χ1) is 9.93. The molecule has 1 aromatic rings. The highest BCUT2D eigenvalue weighted by Crippen LogP contribution is 2.33. The summed E-state index contributed by atoms with van der Waals surface area (Å²) < 4.78 is 13.7. The van der Waals surface area contributed by atoms with Crippen LogP contribution in [-0.2, 0) is 4.79 Å². The molecule has 1 aliphatic rings. The number of nitrogens with one attached hydrogen (secondary N) is 1. The molecule has 116 valence electrons. The molecule has 0 aromatic heterocycles. The van der Waals surface area contributed by atoms with Crippen molar-refractivity contribution in [3.05, 3.63) is 34.6 Å². The van der Waals surface area contributed by atoms with Crippen LogP contribution in [0.3, 0.4) is 0 Å². The highest BCUT2D eigenvalue weighted by atomic mass is 35.5. The lowest BCUT2D eigenvalue weighted by Crippen LogP contribution is -2.46. The van der Waals surface area contributed by atoms with Crippen molar-refractivity contribution in [2.75, 3.05) is 13.1 Å². The van der Waals surface area contributed by atoms with E-state index >= 15 is 0 Å². The fourth-order valence-electron chi connectivity index (χ4n) is 2.82. The number of rotatable bonds is 4. The SMILES string of the molecule is CCN1CCC(NC(=O)C(C)N)C1c1ccc(Cl)c(F)c1. The van der Waals surface area contributed by atoms with Crippen molar-refractivity contribution in [3.8, 4) is 0 Å². The fraction of sp³-hybridized carbons (Fsp3) is 0.533. The number of likely N-dealkylation sites (N-methyl/N-ethyl adjacent to an activating group) is 1. The Kier molecular flexibility index (Phi) is 5.19. The number of likely N-dealkylation sites (tertiary alicyclic amines) is 1. The monoisotopic (exact) mass is 313 g/mol. The average Bonchev–Trinajstić information content (AvgIpc) is 2.84. The van der Waals surface area contributed by atoms with E-state index < -0.39 is 11.9 Å². The van der Waals surface area contributed by atoms with E-state index in [0.29, 0.717) is 0 Å². The third kappa shape index (κ3) is 3.54. The van der Waals surface area contributed by atoms with Gasteiger partial charge in [0, 0.05) is 12.6 Å². The van der Waals surface area contributed by atoms with Gasteiger partial charge in [-0.15, -0.1) is 0 Å². The first kappa shape index (κ1) is 16.2. The lowest BCUT2D eigenvalue weighted by atomic mass is 9.99. The number of nitrogens with two attached hydrogens (primary N) is 1. The topological polar surface area (TPSA) is 58.4 Å². The van der Waals surface area contributed by atoms with Crippen LogP contribution in [0.15, 0.2) is 18.2 Å². The number of amides is 1. The number of nitrogens with zero attached hydrogens (tertiary/aromatic N) is 1. The van der Waals surface area contributed by atoms with Crippen molar-refractivity contribution < 1.29 is 9.18 Å². The fourth-order valence-corrected chi connectivity index (χ4v) is 2.93. The van der Waals surface area contributed by atoms with E-state index in [1.165, 1.54) is 6.07 Å². The number of hydrogen-bond acceptors (Lipinski definition) is 3. The molecule has 0 radical (unpaired) electrons. The molecular weight excluding hydrogens is 293 g/mol. The summed E-state index contributed by atoms with van der Waals surface area (Å²) in [6.07, 6.45) is 0.821. The molecule has 0 aliphatic carbocycles. The molecule has 1 amide bonds. The Labute approximate surface area is 129 Å². The van der Waals surface area contributed by atoms with Crippen molar-refractivity contribution >= 4 is 17.5 Å². The highest BCUT2D eigenvalue weighted by molar-refractivity contribution is 6.30. The predicted octanol–water partition coefficient (Wildman–Crippen LogP) is 2.08. The summed E-state index contributed by atoms with van der Waals surface area (Å²) in [4.78, 5) is 14.1. The summed E-state index contributed by atoms with van der Waals surface area (Å²) in [6.45, 7) is 5.39. The molecule has 6 heteroatoms. The molecule has 21 heavy (non-hydrogen) atoms. The van der Waals surface area contributed by atoms with Crippen molar-refractivity contribution in [1.82, 2.24) is 10.2 Å². The minimum atomic E-state index is -0.553. The van der Waals surface area contributed by atoms with Crippen LogP contribution in [0, 0.1) is 5.82 Å². The maximum atomic E-state index is 13.7. The Balaban J connectivity index is 2.25. The highest BCUT2D eigenvalue weighted by Gasteiger charge is 2.35. The van der Waals surface area contributed by atoms with Gasteiger partial charge in [-0.2, -0.15) is 0 Å². The van der Waals surface area contributed by atoms with Crippen LogP contribution >= 0.6 is 11.6 Å². The molecule has 3 N–H and O–H groups in total. The Hall–Kier alpha value is -1.17. The quantitative estimate of drug-likeness (QED) is 0.895. The standard InChI is InChI=1S/C15H21ClFN3O/c1-3-20-7-6-13(19-15(21)9(2)18)14(20)10-4-5-11(16)12(17)8-10/h4-5,8-9,13-14H,3,6-7,18H2,1-2H3,(H,19,21). The van der Waals surface area contributed by atoms with Gasteiger partial charge in [0.1, 0.15) is 5.82 Å². The lowest BCUT2D eigenvalue weighted by molar-refractivity contribution is -0.122. The molecular formula is C15H21ClFN3O. The van der Waals surface area contributed by atoms with Gasteiger partial charge in [0.15, 0.2) is 0 Å². The van der Waals surface area contributed by atoms with E-state index in [-0.39, 0.29) is 23.0 Å². The molecule has 1 fully saturated rings. The zero-order valence-electron chi connectivity index (χ0n) is 12.3. The van der Waals surface area contributed by atoms with Gasteiger partial charge in [0.2, 0.25) is 5.91 Å². The van der Waals surface area contributed by atoms with Gasteiger partial charge in [-0.1, -0.05) is 24.6 Å². The first-order valence-corrected chi connectivity index (χ1v) is 7.56. The smallest absolute Gasteiger partial charge is 0.236 e. The average molecular weight is 314 g/mol. The Morgan fingerprint density at radius 3 is 2.90 bits per heavy atom. The van der Waals surface area contributed by atoms with E-state index in [1.54, 1.807) is 13.0 Å². The third-order valence-electron chi connectivity index (χ3n) is 3.93. The molecule has 1 heterocycles. The van der Waals surface area contributed by atoms with Crippen LogP contribution in [0.1, 0.15) is 31.9 Å². The van der Waals surface area contributed by atoms with E-state index in [2.05, 4.69) is 17.1 Å². The second-order valence-corrected chi connectivity index (χ2v) is 5.85. The van der Waals surface area contributed by atoms with Gasteiger partial charge in [-0.05, 0) is 37.6 Å². The summed E-state index contributed by atoms with van der Waals surface area (Å²) in [5.41, 5.74) is 6.43. The molecule has 4 nitrogen and oxygen atoms in total. The van der Waals surface area contributed by atoms with Gasteiger partial charge >= 0.3 is 0 Å². The normalized spacial score (nSPS) is 24.0. The van der Waals surface area contributed by atoms with Crippen molar-refractivity contribution in [1.29, 1.82) is 0 Å². The van der Waals surface area contributed by atoms with Crippen LogP contribution in [-0.4, -0.2) is 36.0 Å². The number of benzene rings is 1. The van der Waals surface area contributed by atoms with Crippen molar-refractivity contribution in [2.45, 2.75) is 38.4 Å². The van der Waals surface area contributed by atoms with Crippen molar-refractivity contribution in [3.63, 3.8) is 0 Å². The summed E-state index contributed by atoms with van der Waals surface area (Å²) in [7, 11) is 0. The van der Waals surface area contributed by atoms with Crippen LogP contribution in [0.5, 0.6) is 0 Å². The van der Waals surface area contributed by atoms with E-state index in [1.807, 2.05) is 6.07 Å². The van der Waals surface area contributed by atoms with Gasteiger partial charge in [-0.3, -0.25) is 9.69 Å². The molecule has 0 bridgehead atoms. The van der Waals surface area contributed by atoms with Crippen LogP contribution in [0.4, 0.5) is 4.39 Å². The minimum absolute atomic E-state index is 0.0514. The lowest BCUT2D eigenvalue weighted by Gasteiger charge is -2.28. The second kappa shape index (κ2) is 6.73. The van der Waals surface area contributed by atoms with Gasteiger partial charge in [0.25, 0.3) is 0 Å². The minimum Gasteiger partial charge on any atom is -0.350 e. The van der Waals surface area contributed by atoms with Gasteiger partial charge < -0.3 is 11.1 Å². The Morgan fingerprint density at radius 2 is 2.33 bits per heavy atom. The third-order valence-corrected chi connectivity index (χ3v) is 4.24. The summed E-state index contributed by atoms with van der Waals surface area (Å²) in [5, 5.41) is 3.07. The predicted molar refractivity (Wildman–Crippen MR) is 81.6 cm³/mol. The summed E-state index contributed by atoms with van der Waals surface area (Å²) in [6, 6.07) is 4.15. The van der Waals surface area contributed by atoms with E-state index in [4.69, 9.17) is 17.3 Å². The number of halogens is 2. The first-order valence-electron chi connectivity index (χ1n) is 7.19. The largest absolute Gasteiger partial charge is 0.350 e. The van der Waals surface area contributed by atoms with Crippen LogP contribution in [0.2, 0.25) is 5.02 Å². The number of hydrogen-bond donors (Lipinski definition) is 2. The zero-order chi connectivity index (χ0) is 15.6.